The highest BCUT2D eigenvalue weighted by atomic mass is 16.7. The van der Waals surface area contributed by atoms with E-state index in [1.807, 2.05) is 5.92 Å². The molecule has 3 nitrogen and oxygen atoms in total. The zero-order valence-electron chi connectivity index (χ0n) is 4.84. The number of hydrogen-bond acceptors (Lipinski definition) is 2. The minimum absolute atomic E-state index is 0.479. The van der Waals surface area contributed by atoms with Crippen LogP contribution in [0.3, 0.4) is 0 Å². The van der Waals surface area contributed by atoms with Gasteiger partial charge >= 0.3 is 5.91 Å². The van der Waals surface area contributed by atoms with E-state index < -0.39 is 5.91 Å². The number of carbonyl (C=O) groups excluding carboxylic acids is 1. The van der Waals surface area contributed by atoms with Crippen LogP contribution in [0.4, 0.5) is 0 Å². The molecule has 0 heterocycles. The first-order valence-corrected chi connectivity index (χ1v) is 2.00. The Hall–Kier alpha value is -1.01. The molecule has 0 rings (SSSR count). The second-order valence-electron chi connectivity index (χ2n) is 1.13. The molecule has 0 aromatic rings. The first kappa shape index (κ1) is 6.99. The molecule has 1 amide bonds. The van der Waals surface area contributed by atoms with Crippen LogP contribution >= 0.6 is 0 Å². The van der Waals surface area contributed by atoms with Gasteiger partial charge in [-0.15, -0.1) is 6.42 Å². The fraction of sp³-hybridized carbons (Fsp3) is 0.400. The van der Waals surface area contributed by atoms with E-state index in [2.05, 4.69) is 4.84 Å². The number of carbonyl (C=O) groups is 1. The summed E-state index contributed by atoms with van der Waals surface area (Å²) in [4.78, 5) is 14.8. The number of hydroxylamine groups is 2. The van der Waals surface area contributed by atoms with Gasteiger partial charge in [-0.3, -0.25) is 9.63 Å². The molecule has 8 heavy (non-hydrogen) atoms. The summed E-state index contributed by atoms with van der Waals surface area (Å²) >= 11 is 0. The molecule has 0 aliphatic carbocycles. The Morgan fingerprint density at radius 2 is 2.38 bits per heavy atom. The van der Waals surface area contributed by atoms with E-state index in [0.717, 1.165) is 5.06 Å². The van der Waals surface area contributed by atoms with Crippen LogP contribution in [0, 0.1) is 12.3 Å². The molecule has 0 fully saturated rings. The van der Waals surface area contributed by atoms with Crippen molar-refractivity contribution in [2.24, 2.45) is 0 Å². The zero-order valence-corrected chi connectivity index (χ0v) is 4.84. The normalized spacial score (nSPS) is 7.62. The Bertz CT molecular complexity index is 125. The van der Waals surface area contributed by atoms with E-state index in [0.29, 0.717) is 0 Å². The molecule has 0 aromatic heterocycles. The Morgan fingerprint density at radius 1 is 1.88 bits per heavy atom. The average molecular weight is 113 g/mol. The summed E-state index contributed by atoms with van der Waals surface area (Å²) in [5.41, 5.74) is 0. The predicted molar refractivity (Wildman–Crippen MR) is 28.6 cm³/mol. The van der Waals surface area contributed by atoms with Crippen molar-refractivity contribution < 1.29 is 9.63 Å². The largest absolute Gasteiger partial charge is 0.321 e. The van der Waals surface area contributed by atoms with Crippen LogP contribution in [0.15, 0.2) is 0 Å². The second-order valence-corrected chi connectivity index (χ2v) is 1.13. The van der Waals surface area contributed by atoms with Crippen molar-refractivity contribution in [3.63, 3.8) is 0 Å². The number of terminal acetylenes is 1. The Balaban J connectivity index is 3.68. The standard InChI is InChI=1S/C5H7NO2/c1-4-5(7)6(2)8-3/h1H,2-3H3. The summed E-state index contributed by atoms with van der Waals surface area (Å²) < 4.78 is 0. The Morgan fingerprint density at radius 3 is 2.50 bits per heavy atom. The van der Waals surface area contributed by atoms with Gasteiger partial charge in [-0.05, 0) is 5.92 Å². The smallest absolute Gasteiger partial charge is 0.274 e. The number of hydrogen-bond donors (Lipinski definition) is 0. The molecule has 44 valence electrons. The lowest BCUT2D eigenvalue weighted by atomic mass is 10.6. The second kappa shape index (κ2) is 3.05. The third kappa shape index (κ3) is 1.63. The topological polar surface area (TPSA) is 29.5 Å². The highest BCUT2D eigenvalue weighted by Gasteiger charge is 1.99. The number of rotatable bonds is 1. The summed E-state index contributed by atoms with van der Waals surface area (Å²) in [7, 11) is 2.82. The lowest BCUT2D eigenvalue weighted by molar-refractivity contribution is -0.161. The van der Waals surface area contributed by atoms with Gasteiger partial charge in [-0.1, -0.05) is 0 Å². The van der Waals surface area contributed by atoms with Crippen molar-refractivity contribution in [3.8, 4) is 12.3 Å². The molecule has 0 bridgehead atoms. The van der Waals surface area contributed by atoms with Crippen LogP contribution in [0.2, 0.25) is 0 Å². The van der Waals surface area contributed by atoms with Crippen molar-refractivity contribution >= 4 is 5.91 Å². The highest BCUT2D eigenvalue weighted by Crippen LogP contribution is 1.78. The molecule has 0 N–H and O–H groups in total. The van der Waals surface area contributed by atoms with Crippen LogP contribution in [-0.4, -0.2) is 25.1 Å². The van der Waals surface area contributed by atoms with E-state index in [4.69, 9.17) is 6.42 Å². The third-order valence-corrected chi connectivity index (χ3v) is 0.683. The average Bonchev–Trinajstić information content (AvgIpc) is 1.84. The quantitative estimate of drug-likeness (QED) is 0.343. The van der Waals surface area contributed by atoms with E-state index in [1.165, 1.54) is 14.2 Å². The molecular formula is C5H7NO2. The maximum atomic E-state index is 10.3. The molecule has 0 radical (unpaired) electrons. The van der Waals surface area contributed by atoms with Gasteiger partial charge in [0.1, 0.15) is 0 Å². The first-order valence-electron chi connectivity index (χ1n) is 2.00. The summed E-state index contributed by atoms with van der Waals surface area (Å²) in [6, 6.07) is 0. The van der Waals surface area contributed by atoms with Crippen LogP contribution in [0.25, 0.3) is 0 Å². The molecule has 0 aromatic carbocycles. The lowest BCUT2D eigenvalue weighted by Crippen LogP contribution is -2.23. The predicted octanol–water partition coefficient (Wildman–Crippen LogP) is -0.361. The molecule has 3 heteroatoms. The van der Waals surface area contributed by atoms with Gasteiger partial charge in [0.05, 0.1) is 7.11 Å². The maximum absolute atomic E-state index is 10.3. The van der Waals surface area contributed by atoms with Crippen LogP contribution < -0.4 is 0 Å². The summed E-state index contributed by atoms with van der Waals surface area (Å²) in [5, 5.41) is 0.972. The van der Waals surface area contributed by atoms with Gasteiger partial charge in [0.25, 0.3) is 0 Å². The van der Waals surface area contributed by atoms with E-state index in [1.54, 1.807) is 0 Å². The first-order chi connectivity index (χ1) is 3.72. The van der Waals surface area contributed by atoms with Crippen LogP contribution in [0.5, 0.6) is 0 Å². The molecule has 0 aliphatic rings. The highest BCUT2D eigenvalue weighted by molar-refractivity contribution is 5.91. The Labute approximate surface area is 48.2 Å². The van der Waals surface area contributed by atoms with Crippen LogP contribution in [0.1, 0.15) is 0 Å². The minimum atomic E-state index is -0.479. The van der Waals surface area contributed by atoms with Gasteiger partial charge in [0.15, 0.2) is 0 Å². The summed E-state index contributed by atoms with van der Waals surface area (Å²) in [5.74, 6) is 1.40. The molecular weight excluding hydrogens is 106 g/mol. The molecule has 0 saturated heterocycles. The summed E-state index contributed by atoms with van der Waals surface area (Å²) in [6.45, 7) is 0. The van der Waals surface area contributed by atoms with E-state index in [9.17, 15) is 4.79 Å². The summed E-state index contributed by atoms with van der Waals surface area (Å²) in [6.07, 6.45) is 4.73. The van der Waals surface area contributed by atoms with Gasteiger partial charge in [-0.25, -0.2) is 5.06 Å². The van der Waals surface area contributed by atoms with Gasteiger partial charge < -0.3 is 0 Å². The molecule has 0 spiro atoms. The molecule has 0 saturated carbocycles. The van der Waals surface area contributed by atoms with Gasteiger partial charge in [-0.2, -0.15) is 0 Å². The SMILES string of the molecule is C#CC(=O)N(C)OC. The van der Waals surface area contributed by atoms with Crippen molar-refractivity contribution in [2.45, 2.75) is 0 Å². The third-order valence-electron chi connectivity index (χ3n) is 0.683. The van der Waals surface area contributed by atoms with E-state index in [-0.39, 0.29) is 0 Å². The molecule has 0 atom stereocenters. The number of amides is 1. The Kier molecular flexibility index (Phi) is 2.67. The fourth-order valence-electron chi connectivity index (χ4n) is 0.174. The monoisotopic (exact) mass is 113 g/mol. The lowest BCUT2D eigenvalue weighted by Gasteiger charge is -2.07. The zero-order chi connectivity index (χ0) is 6.57. The molecule has 0 aliphatic heterocycles. The van der Waals surface area contributed by atoms with Crippen molar-refractivity contribution in [1.29, 1.82) is 0 Å². The van der Waals surface area contributed by atoms with E-state index >= 15 is 0 Å². The van der Waals surface area contributed by atoms with Gasteiger partial charge in [0.2, 0.25) is 0 Å². The van der Waals surface area contributed by atoms with Gasteiger partial charge in [0, 0.05) is 7.05 Å². The molecule has 0 unspecified atom stereocenters. The van der Waals surface area contributed by atoms with Crippen LogP contribution in [-0.2, 0) is 9.63 Å². The van der Waals surface area contributed by atoms with Crippen molar-refractivity contribution in [2.75, 3.05) is 14.2 Å². The maximum Gasteiger partial charge on any atom is 0.321 e. The number of nitrogens with zero attached hydrogens (tertiary/aromatic N) is 1. The van der Waals surface area contributed by atoms with Crippen molar-refractivity contribution in [3.05, 3.63) is 0 Å². The minimum Gasteiger partial charge on any atom is -0.274 e. The van der Waals surface area contributed by atoms with Crippen molar-refractivity contribution in [1.82, 2.24) is 5.06 Å². The fourth-order valence-corrected chi connectivity index (χ4v) is 0.174.